The maximum absolute atomic E-state index is 13.1. The molecule has 0 aromatic heterocycles. The average Bonchev–Trinajstić information content (AvgIpc) is 3.13. The fraction of sp³-hybridized carbons (Fsp3) is 0.0690. The number of carbonyl (C=O) groups excluding carboxylic acids is 3. The molecule has 4 aromatic rings. The van der Waals surface area contributed by atoms with Crippen LogP contribution in [-0.2, 0) is 4.74 Å². The topological polar surface area (TPSA) is 63.7 Å². The number of anilines is 1. The van der Waals surface area contributed by atoms with Gasteiger partial charge in [0.2, 0.25) is 0 Å². The lowest BCUT2D eigenvalue weighted by Crippen LogP contribution is -2.29. The molecule has 0 saturated carbocycles. The SMILES string of the molecule is Cc1ccc(N2C(=O)c3ccc(C(=O)OC(c4ccccc4)c4ccccc4)cc3C2=O)cc1. The second kappa shape index (κ2) is 8.79. The number of rotatable bonds is 5. The Kier molecular flexibility index (Phi) is 5.52. The summed E-state index contributed by atoms with van der Waals surface area (Å²) in [5.74, 6) is -1.44. The molecule has 0 fully saturated rings. The van der Waals surface area contributed by atoms with Gasteiger partial charge >= 0.3 is 5.97 Å². The summed E-state index contributed by atoms with van der Waals surface area (Å²) in [6.45, 7) is 1.93. The van der Waals surface area contributed by atoms with Crippen molar-refractivity contribution in [1.82, 2.24) is 0 Å². The number of hydrogen-bond donors (Lipinski definition) is 0. The molecule has 0 N–H and O–H groups in total. The van der Waals surface area contributed by atoms with Crippen LogP contribution in [0.3, 0.4) is 0 Å². The summed E-state index contributed by atoms with van der Waals surface area (Å²) in [6.07, 6.45) is -0.607. The van der Waals surface area contributed by atoms with Crippen LogP contribution in [0.5, 0.6) is 0 Å². The minimum absolute atomic E-state index is 0.191. The fourth-order valence-corrected chi connectivity index (χ4v) is 4.06. The van der Waals surface area contributed by atoms with E-state index >= 15 is 0 Å². The molecule has 0 radical (unpaired) electrons. The first-order chi connectivity index (χ1) is 16.5. The van der Waals surface area contributed by atoms with Crippen LogP contribution in [0, 0.1) is 6.92 Å². The van der Waals surface area contributed by atoms with Gasteiger partial charge in [0, 0.05) is 0 Å². The number of imide groups is 1. The molecule has 1 heterocycles. The van der Waals surface area contributed by atoms with Crippen molar-refractivity contribution in [3.63, 3.8) is 0 Å². The summed E-state index contributed by atoms with van der Waals surface area (Å²) in [4.78, 5) is 40.3. The maximum atomic E-state index is 13.1. The number of hydrogen-bond acceptors (Lipinski definition) is 4. The van der Waals surface area contributed by atoms with Gasteiger partial charge in [0.15, 0.2) is 6.10 Å². The van der Waals surface area contributed by atoms with Gasteiger partial charge in [0.1, 0.15) is 0 Å². The number of ether oxygens (including phenoxy) is 1. The molecular weight excluding hydrogens is 426 g/mol. The van der Waals surface area contributed by atoms with Crippen LogP contribution in [0.1, 0.15) is 53.9 Å². The molecule has 0 atom stereocenters. The Balaban J connectivity index is 1.45. The molecule has 0 aliphatic carbocycles. The Labute approximate surface area is 197 Å². The lowest BCUT2D eigenvalue weighted by molar-refractivity contribution is 0.0378. The molecule has 34 heavy (non-hydrogen) atoms. The molecule has 0 spiro atoms. The number of aryl methyl sites for hydroxylation is 1. The third-order valence-corrected chi connectivity index (χ3v) is 5.84. The highest BCUT2D eigenvalue weighted by Gasteiger charge is 2.37. The van der Waals surface area contributed by atoms with Gasteiger partial charge in [-0.15, -0.1) is 0 Å². The van der Waals surface area contributed by atoms with E-state index in [0.29, 0.717) is 5.69 Å². The molecule has 166 valence electrons. The van der Waals surface area contributed by atoms with E-state index < -0.39 is 23.9 Å². The second-order valence-corrected chi connectivity index (χ2v) is 8.15. The van der Waals surface area contributed by atoms with Crippen molar-refractivity contribution in [2.75, 3.05) is 4.90 Å². The molecule has 0 bridgehead atoms. The molecule has 5 nitrogen and oxygen atoms in total. The van der Waals surface area contributed by atoms with Gasteiger partial charge in [0.05, 0.1) is 22.4 Å². The number of carbonyl (C=O) groups is 3. The van der Waals surface area contributed by atoms with Crippen LogP contribution >= 0.6 is 0 Å². The zero-order valence-corrected chi connectivity index (χ0v) is 18.5. The van der Waals surface area contributed by atoms with Gasteiger partial charge in [-0.25, -0.2) is 9.69 Å². The standard InChI is InChI=1S/C29H21NO4/c1-19-12-15-23(16-13-19)30-27(31)24-17-14-22(18-25(24)28(30)32)29(33)34-26(20-8-4-2-5-9-20)21-10-6-3-7-11-21/h2-18,26H,1H3. The van der Waals surface area contributed by atoms with Crippen molar-refractivity contribution in [2.45, 2.75) is 13.0 Å². The van der Waals surface area contributed by atoms with Crippen molar-refractivity contribution in [1.29, 1.82) is 0 Å². The molecule has 5 heteroatoms. The van der Waals surface area contributed by atoms with Crippen LogP contribution in [-0.4, -0.2) is 17.8 Å². The van der Waals surface area contributed by atoms with Crippen molar-refractivity contribution in [2.24, 2.45) is 0 Å². The smallest absolute Gasteiger partial charge is 0.339 e. The summed E-state index contributed by atoms with van der Waals surface area (Å²) < 4.78 is 5.91. The van der Waals surface area contributed by atoms with Crippen LogP contribution in [0.4, 0.5) is 5.69 Å². The molecule has 1 aliphatic heterocycles. The first-order valence-electron chi connectivity index (χ1n) is 10.9. The fourth-order valence-electron chi connectivity index (χ4n) is 4.06. The average molecular weight is 447 g/mol. The van der Waals surface area contributed by atoms with E-state index in [9.17, 15) is 14.4 Å². The molecule has 0 unspecified atom stereocenters. The normalized spacial score (nSPS) is 12.7. The molecule has 5 rings (SSSR count). The van der Waals surface area contributed by atoms with E-state index in [1.165, 1.54) is 18.2 Å². The van der Waals surface area contributed by atoms with Gasteiger partial charge in [0.25, 0.3) is 11.8 Å². The van der Waals surface area contributed by atoms with Crippen LogP contribution < -0.4 is 4.90 Å². The minimum atomic E-state index is -0.607. The predicted molar refractivity (Wildman–Crippen MR) is 129 cm³/mol. The highest BCUT2D eigenvalue weighted by atomic mass is 16.5. The van der Waals surface area contributed by atoms with E-state index in [2.05, 4.69) is 0 Å². The van der Waals surface area contributed by atoms with Crippen LogP contribution in [0.25, 0.3) is 0 Å². The number of amides is 2. The lowest BCUT2D eigenvalue weighted by Gasteiger charge is -2.19. The van der Waals surface area contributed by atoms with Gasteiger partial charge in [-0.3, -0.25) is 9.59 Å². The monoisotopic (exact) mass is 447 g/mol. The van der Waals surface area contributed by atoms with Crippen molar-refractivity contribution in [3.8, 4) is 0 Å². The minimum Gasteiger partial charge on any atom is -0.449 e. The lowest BCUT2D eigenvalue weighted by atomic mass is 10.0. The quantitative estimate of drug-likeness (QED) is 0.289. The summed E-state index contributed by atoms with van der Waals surface area (Å²) in [6, 6.07) is 30.6. The second-order valence-electron chi connectivity index (χ2n) is 8.15. The summed E-state index contributed by atoms with van der Waals surface area (Å²) in [5, 5.41) is 0. The van der Waals surface area contributed by atoms with Crippen LogP contribution in [0.15, 0.2) is 103 Å². The number of nitrogens with zero attached hydrogens (tertiary/aromatic N) is 1. The number of benzene rings is 4. The van der Waals surface area contributed by atoms with Gasteiger partial charge in [-0.1, -0.05) is 78.4 Å². The van der Waals surface area contributed by atoms with Gasteiger partial charge in [-0.05, 0) is 48.4 Å². The van der Waals surface area contributed by atoms with E-state index in [1.807, 2.05) is 79.7 Å². The number of esters is 1. The van der Waals surface area contributed by atoms with Gasteiger partial charge in [-0.2, -0.15) is 0 Å². The Hall–Kier alpha value is -4.51. The Morgan fingerprint density at radius 1 is 0.706 bits per heavy atom. The highest BCUT2D eigenvalue weighted by molar-refractivity contribution is 6.34. The van der Waals surface area contributed by atoms with Gasteiger partial charge < -0.3 is 4.74 Å². The largest absolute Gasteiger partial charge is 0.449 e. The Morgan fingerprint density at radius 3 is 1.85 bits per heavy atom. The highest BCUT2D eigenvalue weighted by Crippen LogP contribution is 2.31. The first kappa shape index (κ1) is 21.3. The Bertz CT molecular complexity index is 1340. The van der Waals surface area contributed by atoms with E-state index in [0.717, 1.165) is 21.6 Å². The zero-order valence-electron chi connectivity index (χ0n) is 18.5. The number of fused-ring (bicyclic) bond motifs is 1. The van der Waals surface area contributed by atoms with Crippen LogP contribution in [0.2, 0.25) is 0 Å². The summed E-state index contributed by atoms with van der Waals surface area (Å²) in [7, 11) is 0. The molecule has 1 aliphatic rings. The maximum Gasteiger partial charge on any atom is 0.339 e. The molecule has 2 amide bonds. The Morgan fingerprint density at radius 2 is 1.26 bits per heavy atom. The van der Waals surface area contributed by atoms with Crippen molar-refractivity contribution >= 4 is 23.5 Å². The summed E-state index contributed by atoms with van der Waals surface area (Å²) in [5.41, 5.74) is 3.86. The predicted octanol–water partition coefficient (Wildman–Crippen LogP) is 5.74. The third-order valence-electron chi connectivity index (χ3n) is 5.84. The zero-order chi connectivity index (χ0) is 23.7. The summed E-state index contributed by atoms with van der Waals surface area (Å²) >= 11 is 0. The van der Waals surface area contributed by atoms with Crippen molar-refractivity contribution in [3.05, 3.63) is 137 Å². The van der Waals surface area contributed by atoms with E-state index in [4.69, 9.17) is 4.74 Å². The van der Waals surface area contributed by atoms with E-state index in [1.54, 1.807) is 12.1 Å². The molecule has 4 aromatic carbocycles. The van der Waals surface area contributed by atoms with E-state index in [-0.39, 0.29) is 16.7 Å². The first-order valence-corrected chi connectivity index (χ1v) is 10.9. The third kappa shape index (κ3) is 3.88. The van der Waals surface area contributed by atoms with Crippen molar-refractivity contribution < 1.29 is 19.1 Å². The molecular formula is C29H21NO4. The molecule has 0 saturated heterocycles.